The Morgan fingerprint density at radius 3 is 2.83 bits per heavy atom. The molecule has 0 spiro atoms. The first kappa shape index (κ1) is 16.7. The topological polar surface area (TPSA) is 90.9 Å². The molecule has 2 atom stereocenters. The molecule has 2 aliphatic rings. The summed E-state index contributed by atoms with van der Waals surface area (Å²) in [6, 6.07) is 7.26. The Kier molecular flexibility index (Phi) is 5.32. The zero-order chi connectivity index (χ0) is 16.9. The van der Waals surface area contributed by atoms with Gasteiger partial charge in [-0.2, -0.15) is 0 Å². The average Bonchev–Trinajstić information content (AvgIpc) is 3.04. The molecule has 2 heterocycles. The standard InChI is InChI=1S/C17H23N3O4/c21-16(9-12-8-15(17(22)23)18-11-12)19-13-2-1-3-14(10-13)20-4-6-24-7-5-20/h1-3,10,12,15,18H,4-9,11H2,(H,19,21)(H,22,23). The highest BCUT2D eigenvalue weighted by Gasteiger charge is 2.30. The smallest absolute Gasteiger partial charge is 0.320 e. The van der Waals surface area contributed by atoms with Crippen LogP contribution in [0.25, 0.3) is 0 Å². The second-order valence-corrected chi connectivity index (χ2v) is 6.30. The van der Waals surface area contributed by atoms with E-state index < -0.39 is 12.0 Å². The molecule has 7 nitrogen and oxygen atoms in total. The number of carbonyl (C=O) groups excluding carboxylic acids is 1. The average molecular weight is 333 g/mol. The second kappa shape index (κ2) is 7.63. The van der Waals surface area contributed by atoms with Crippen LogP contribution in [-0.4, -0.2) is 55.9 Å². The molecule has 0 aliphatic carbocycles. The summed E-state index contributed by atoms with van der Waals surface area (Å²) in [5, 5.41) is 14.8. The normalized spacial score (nSPS) is 23.9. The van der Waals surface area contributed by atoms with Crippen molar-refractivity contribution in [3.05, 3.63) is 24.3 Å². The quantitative estimate of drug-likeness (QED) is 0.742. The number of morpholine rings is 1. The highest BCUT2D eigenvalue weighted by Crippen LogP contribution is 2.22. The molecule has 1 amide bonds. The van der Waals surface area contributed by atoms with Crippen molar-refractivity contribution >= 4 is 23.3 Å². The summed E-state index contributed by atoms with van der Waals surface area (Å²) in [7, 11) is 0. The molecule has 2 aliphatic heterocycles. The first-order valence-corrected chi connectivity index (χ1v) is 8.30. The number of carboxylic acids is 1. The van der Waals surface area contributed by atoms with Crippen molar-refractivity contribution < 1.29 is 19.4 Å². The monoisotopic (exact) mass is 333 g/mol. The number of amides is 1. The Bertz CT molecular complexity index is 601. The lowest BCUT2D eigenvalue weighted by Crippen LogP contribution is -2.36. The van der Waals surface area contributed by atoms with Gasteiger partial charge in [0, 0.05) is 30.9 Å². The van der Waals surface area contributed by atoms with Crippen LogP contribution in [0.5, 0.6) is 0 Å². The van der Waals surface area contributed by atoms with Crippen LogP contribution >= 0.6 is 0 Å². The van der Waals surface area contributed by atoms with Crippen LogP contribution in [0.1, 0.15) is 12.8 Å². The van der Waals surface area contributed by atoms with Crippen molar-refractivity contribution in [1.82, 2.24) is 5.32 Å². The first-order chi connectivity index (χ1) is 11.6. The van der Waals surface area contributed by atoms with Gasteiger partial charge in [0.2, 0.25) is 5.91 Å². The molecule has 2 saturated heterocycles. The summed E-state index contributed by atoms with van der Waals surface area (Å²) < 4.78 is 5.36. The van der Waals surface area contributed by atoms with Crippen LogP contribution < -0.4 is 15.5 Å². The third kappa shape index (κ3) is 4.24. The van der Waals surface area contributed by atoms with E-state index in [-0.39, 0.29) is 11.8 Å². The summed E-state index contributed by atoms with van der Waals surface area (Å²) >= 11 is 0. The first-order valence-electron chi connectivity index (χ1n) is 8.30. The van der Waals surface area contributed by atoms with E-state index in [0.29, 0.717) is 19.4 Å². The number of anilines is 2. The molecule has 3 rings (SSSR count). The maximum atomic E-state index is 12.2. The zero-order valence-corrected chi connectivity index (χ0v) is 13.5. The van der Waals surface area contributed by atoms with Gasteiger partial charge < -0.3 is 25.4 Å². The van der Waals surface area contributed by atoms with Gasteiger partial charge in [-0.25, -0.2) is 0 Å². The SMILES string of the molecule is O=C(CC1CNC(C(=O)O)C1)Nc1cccc(N2CCOCC2)c1. The summed E-state index contributed by atoms with van der Waals surface area (Å²) in [6.45, 7) is 3.70. The highest BCUT2D eigenvalue weighted by molar-refractivity contribution is 5.91. The number of rotatable bonds is 5. The number of ether oxygens (including phenoxy) is 1. The molecule has 24 heavy (non-hydrogen) atoms. The Morgan fingerprint density at radius 1 is 1.33 bits per heavy atom. The molecule has 0 saturated carbocycles. The van der Waals surface area contributed by atoms with Crippen molar-refractivity contribution in [3.8, 4) is 0 Å². The molecule has 1 aromatic rings. The van der Waals surface area contributed by atoms with Crippen LogP contribution in [0, 0.1) is 5.92 Å². The molecule has 0 radical (unpaired) electrons. The van der Waals surface area contributed by atoms with Crippen molar-refractivity contribution in [2.75, 3.05) is 43.1 Å². The fourth-order valence-corrected chi connectivity index (χ4v) is 3.23. The van der Waals surface area contributed by atoms with Gasteiger partial charge in [-0.05, 0) is 37.1 Å². The molecule has 2 unspecified atom stereocenters. The predicted octanol–water partition coefficient (Wildman–Crippen LogP) is 0.914. The van der Waals surface area contributed by atoms with Crippen molar-refractivity contribution in [1.29, 1.82) is 0 Å². The maximum Gasteiger partial charge on any atom is 0.320 e. The fourth-order valence-electron chi connectivity index (χ4n) is 3.23. The molecule has 0 aromatic heterocycles. The van der Waals surface area contributed by atoms with E-state index in [1.54, 1.807) is 0 Å². The number of carboxylic acid groups (broad SMARTS) is 1. The number of benzene rings is 1. The Labute approximate surface area is 141 Å². The van der Waals surface area contributed by atoms with E-state index in [0.717, 1.165) is 37.7 Å². The summed E-state index contributed by atoms with van der Waals surface area (Å²) in [5.41, 5.74) is 1.84. The van der Waals surface area contributed by atoms with Gasteiger partial charge in [-0.3, -0.25) is 9.59 Å². The largest absolute Gasteiger partial charge is 0.480 e. The lowest BCUT2D eigenvalue weighted by Gasteiger charge is -2.29. The van der Waals surface area contributed by atoms with Crippen LogP contribution in [-0.2, 0) is 14.3 Å². The van der Waals surface area contributed by atoms with E-state index in [1.165, 1.54) is 0 Å². The number of nitrogens with one attached hydrogen (secondary N) is 2. The minimum atomic E-state index is -0.851. The van der Waals surface area contributed by atoms with E-state index in [1.807, 2.05) is 24.3 Å². The van der Waals surface area contributed by atoms with Gasteiger partial charge in [-0.15, -0.1) is 0 Å². The number of aliphatic carboxylic acids is 1. The highest BCUT2D eigenvalue weighted by atomic mass is 16.5. The van der Waals surface area contributed by atoms with Crippen LogP contribution in [0.2, 0.25) is 0 Å². The molecular formula is C17H23N3O4. The van der Waals surface area contributed by atoms with Crippen LogP contribution in [0.15, 0.2) is 24.3 Å². The van der Waals surface area contributed by atoms with Crippen LogP contribution in [0.4, 0.5) is 11.4 Å². The lowest BCUT2D eigenvalue weighted by atomic mass is 10.0. The fraction of sp³-hybridized carbons (Fsp3) is 0.529. The lowest BCUT2D eigenvalue weighted by molar-refractivity contribution is -0.139. The predicted molar refractivity (Wildman–Crippen MR) is 90.3 cm³/mol. The van der Waals surface area contributed by atoms with Crippen molar-refractivity contribution in [2.24, 2.45) is 5.92 Å². The molecule has 1 aromatic carbocycles. The van der Waals surface area contributed by atoms with Gasteiger partial charge >= 0.3 is 5.97 Å². The van der Waals surface area contributed by atoms with E-state index >= 15 is 0 Å². The van der Waals surface area contributed by atoms with Gasteiger partial charge in [-0.1, -0.05) is 6.07 Å². The molecule has 2 fully saturated rings. The summed E-state index contributed by atoms with van der Waals surface area (Å²) in [5.74, 6) is -0.864. The number of hydrogen-bond acceptors (Lipinski definition) is 5. The Balaban J connectivity index is 1.54. The van der Waals surface area contributed by atoms with Gasteiger partial charge in [0.05, 0.1) is 13.2 Å². The molecule has 3 N–H and O–H groups in total. The van der Waals surface area contributed by atoms with Crippen LogP contribution in [0.3, 0.4) is 0 Å². The number of hydrogen-bond donors (Lipinski definition) is 3. The third-order valence-electron chi connectivity index (χ3n) is 4.50. The molecular weight excluding hydrogens is 310 g/mol. The summed E-state index contributed by atoms with van der Waals surface area (Å²) in [6.07, 6.45) is 0.829. The molecule has 130 valence electrons. The van der Waals surface area contributed by atoms with Gasteiger partial charge in [0.15, 0.2) is 0 Å². The third-order valence-corrected chi connectivity index (χ3v) is 4.50. The van der Waals surface area contributed by atoms with Crippen molar-refractivity contribution in [2.45, 2.75) is 18.9 Å². The number of nitrogens with zero attached hydrogens (tertiary/aromatic N) is 1. The Morgan fingerprint density at radius 2 is 2.12 bits per heavy atom. The maximum absolute atomic E-state index is 12.2. The minimum absolute atomic E-state index is 0.0634. The summed E-state index contributed by atoms with van der Waals surface area (Å²) in [4.78, 5) is 25.4. The van der Waals surface area contributed by atoms with E-state index in [4.69, 9.17) is 9.84 Å². The van der Waals surface area contributed by atoms with E-state index in [2.05, 4.69) is 15.5 Å². The molecule has 7 heteroatoms. The second-order valence-electron chi connectivity index (χ2n) is 6.30. The van der Waals surface area contributed by atoms with Gasteiger partial charge in [0.25, 0.3) is 0 Å². The zero-order valence-electron chi connectivity index (χ0n) is 13.5. The number of carbonyl (C=O) groups is 2. The Hall–Kier alpha value is -2.12. The minimum Gasteiger partial charge on any atom is -0.480 e. The van der Waals surface area contributed by atoms with Crippen molar-refractivity contribution in [3.63, 3.8) is 0 Å². The molecule has 0 bridgehead atoms. The van der Waals surface area contributed by atoms with Gasteiger partial charge in [0.1, 0.15) is 6.04 Å². The van der Waals surface area contributed by atoms with E-state index in [9.17, 15) is 9.59 Å².